The Morgan fingerprint density at radius 2 is 1.93 bits per heavy atom. The first-order valence-electron chi connectivity index (χ1n) is 10.6. The van der Waals surface area contributed by atoms with E-state index in [1.165, 1.54) is 5.57 Å². The molecule has 2 unspecified atom stereocenters. The average Bonchev–Trinajstić information content (AvgIpc) is 2.58. The maximum absolute atomic E-state index is 9.22. The number of ether oxygens (including phenoxy) is 1. The summed E-state index contributed by atoms with van der Waals surface area (Å²) in [4.78, 5) is 9.50. The van der Waals surface area contributed by atoms with E-state index in [4.69, 9.17) is 9.72 Å². The molecule has 0 aliphatic heterocycles. The number of nitrogens with one attached hydrogen (secondary N) is 1. The molecule has 1 heterocycles. The minimum Gasteiger partial charge on any atom is -0.395 e. The predicted molar refractivity (Wildman–Crippen MR) is 117 cm³/mol. The van der Waals surface area contributed by atoms with Crippen LogP contribution in [0.25, 0.3) is 6.08 Å². The molecule has 1 aromatic heterocycles. The molecule has 0 saturated carbocycles. The third-order valence-corrected chi connectivity index (χ3v) is 5.01. The van der Waals surface area contributed by atoms with Gasteiger partial charge in [0.05, 0.1) is 48.1 Å². The molecule has 0 aliphatic carbocycles. The molecule has 2 N–H and O–H groups in total. The van der Waals surface area contributed by atoms with Crippen LogP contribution in [0.15, 0.2) is 11.8 Å². The molecule has 160 valence electrons. The highest BCUT2D eigenvalue weighted by Crippen LogP contribution is 2.27. The van der Waals surface area contributed by atoms with Gasteiger partial charge >= 0.3 is 0 Å². The van der Waals surface area contributed by atoms with Gasteiger partial charge in [-0.3, -0.25) is 9.97 Å². The second kappa shape index (κ2) is 11.6. The summed E-state index contributed by atoms with van der Waals surface area (Å²) in [6, 6.07) is 0.0892. The van der Waals surface area contributed by atoms with Crippen LogP contribution in [0, 0.1) is 12.3 Å². The van der Waals surface area contributed by atoms with Crippen LogP contribution in [-0.4, -0.2) is 40.4 Å². The maximum Gasteiger partial charge on any atom is 0.0842 e. The number of aliphatic hydroxyl groups is 1. The summed E-state index contributed by atoms with van der Waals surface area (Å²) >= 11 is 0. The number of aliphatic hydroxyl groups excluding tert-OH is 1. The maximum atomic E-state index is 9.22. The molecule has 5 nitrogen and oxygen atoms in total. The number of hydrogen-bond acceptors (Lipinski definition) is 5. The lowest BCUT2D eigenvalue weighted by atomic mass is 9.87. The average molecular weight is 392 g/mol. The molecule has 0 amide bonds. The molecule has 0 radical (unpaired) electrons. The molecule has 0 bridgehead atoms. The van der Waals surface area contributed by atoms with E-state index in [-0.39, 0.29) is 30.3 Å². The van der Waals surface area contributed by atoms with Crippen molar-refractivity contribution < 1.29 is 9.84 Å². The Bertz CT molecular complexity index is 621. The van der Waals surface area contributed by atoms with Gasteiger partial charge in [-0.15, -0.1) is 0 Å². The second-order valence-corrected chi connectivity index (χ2v) is 9.00. The SMILES string of the molecule is C/C(=C\c1ncc(C(CCCC(C)OC(C)C)NCCO)nc1C)C(C)(C)C. The molecule has 2 atom stereocenters. The zero-order chi connectivity index (χ0) is 21.3. The standard InChI is InChI=1S/C23H41N3O2/c1-16(2)28-18(4)10-9-11-20(24-12-13-27)22-15-25-21(19(5)26-22)14-17(3)23(6,7)8/h14-16,18,20,24,27H,9-13H2,1-8H3/b17-14+. The lowest BCUT2D eigenvalue weighted by Gasteiger charge is -2.21. The number of aromatic nitrogens is 2. The largest absolute Gasteiger partial charge is 0.395 e. The van der Waals surface area contributed by atoms with Gasteiger partial charge in [0.25, 0.3) is 0 Å². The van der Waals surface area contributed by atoms with Gasteiger partial charge in [0.15, 0.2) is 0 Å². The van der Waals surface area contributed by atoms with E-state index in [1.807, 2.05) is 13.1 Å². The number of rotatable bonds is 11. The summed E-state index contributed by atoms with van der Waals surface area (Å²) in [6.45, 7) is 17.7. The van der Waals surface area contributed by atoms with Gasteiger partial charge in [0.2, 0.25) is 0 Å². The molecule has 0 spiro atoms. The van der Waals surface area contributed by atoms with E-state index in [1.54, 1.807) is 0 Å². The number of aryl methyl sites for hydroxylation is 1. The molecule has 0 saturated heterocycles. The third kappa shape index (κ3) is 8.80. The Hall–Kier alpha value is -1.30. The van der Waals surface area contributed by atoms with Crippen molar-refractivity contribution in [2.45, 2.75) is 92.9 Å². The first-order valence-corrected chi connectivity index (χ1v) is 10.6. The summed E-state index contributed by atoms with van der Waals surface area (Å²) in [5.74, 6) is 0. The summed E-state index contributed by atoms with van der Waals surface area (Å²) in [5, 5.41) is 12.6. The summed E-state index contributed by atoms with van der Waals surface area (Å²) in [5.41, 5.74) is 4.21. The monoisotopic (exact) mass is 391 g/mol. The van der Waals surface area contributed by atoms with Gasteiger partial charge in [0.1, 0.15) is 0 Å². The van der Waals surface area contributed by atoms with E-state index in [9.17, 15) is 5.11 Å². The Labute approximate surface area is 172 Å². The summed E-state index contributed by atoms with van der Waals surface area (Å²) in [6.07, 6.45) is 7.49. The van der Waals surface area contributed by atoms with Gasteiger partial charge in [-0.2, -0.15) is 0 Å². The first-order chi connectivity index (χ1) is 13.0. The molecule has 0 aromatic carbocycles. The van der Waals surface area contributed by atoms with Crippen LogP contribution in [0.1, 0.15) is 90.9 Å². The highest BCUT2D eigenvalue weighted by Gasteiger charge is 2.17. The van der Waals surface area contributed by atoms with Crippen LogP contribution >= 0.6 is 0 Å². The topological polar surface area (TPSA) is 67.3 Å². The first kappa shape index (κ1) is 24.7. The fourth-order valence-corrected chi connectivity index (χ4v) is 2.98. The van der Waals surface area contributed by atoms with E-state index in [0.717, 1.165) is 36.3 Å². The van der Waals surface area contributed by atoms with Gasteiger partial charge in [-0.05, 0) is 65.4 Å². The Balaban J connectivity index is 2.86. The lowest BCUT2D eigenvalue weighted by Crippen LogP contribution is -2.26. The molecule has 5 heteroatoms. The van der Waals surface area contributed by atoms with Gasteiger partial charge in [-0.25, -0.2) is 0 Å². The van der Waals surface area contributed by atoms with Crippen molar-refractivity contribution in [1.29, 1.82) is 0 Å². The Morgan fingerprint density at radius 1 is 1.25 bits per heavy atom. The van der Waals surface area contributed by atoms with Crippen molar-refractivity contribution in [3.05, 3.63) is 28.9 Å². The van der Waals surface area contributed by atoms with Crippen LogP contribution in [0.5, 0.6) is 0 Å². The van der Waals surface area contributed by atoms with Gasteiger partial charge < -0.3 is 15.2 Å². The Morgan fingerprint density at radius 3 is 2.46 bits per heavy atom. The van der Waals surface area contributed by atoms with Crippen LogP contribution in [0.3, 0.4) is 0 Å². The number of allylic oxidation sites excluding steroid dienone is 1. The summed E-state index contributed by atoms with van der Waals surface area (Å²) in [7, 11) is 0. The quantitative estimate of drug-likeness (QED) is 0.565. The van der Waals surface area contributed by atoms with Crippen molar-refractivity contribution >= 4 is 6.08 Å². The smallest absolute Gasteiger partial charge is 0.0842 e. The molecular formula is C23H41N3O2. The van der Waals surface area contributed by atoms with Crippen molar-refractivity contribution in [2.24, 2.45) is 5.41 Å². The van der Waals surface area contributed by atoms with Gasteiger partial charge in [-0.1, -0.05) is 26.3 Å². The van der Waals surface area contributed by atoms with Crippen molar-refractivity contribution in [1.82, 2.24) is 15.3 Å². The van der Waals surface area contributed by atoms with Crippen molar-refractivity contribution in [3.8, 4) is 0 Å². The van der Waals surface area contributed by atoms with Crippen LogP contribution in [-0.2, 0) is 4.74 Å². The molecule has 28 heavy (non-hydrogen) atoms. The van der Waals surface area contributed by atoms with E-state index >= 15 is 0 Å². The molecule has 0 fully saturated rings. The minimum atomic E-state index is 0.0892. The number of nitrogens with zero attached hydrogens (tertiary/aromatic N) is 2. The fourth-order valence-electron chi connectivity index (χ4n) is 2.98. The molecule has 0 aliphatic rings. The van der Waals surface area contributed by atoms with Crippen molar-refractivity contribution in [3.63, 3.8) is 0 Å². The third-order valence-electron chi connectivity index (χ3n) is 5.01. The van der Waals surface area contributed by atoms with Crippen LogP contribution < -0.4 is 5.32 Å². The zero-order valence-electron chi connectivity index (χ0n) is 19.2. The fraction of sp³-hybridized carbons (Fsp3) is 0.739. The highest BCUT2D eigenvalue weighted by molar-refractivity contribution is 5.51. The van der Waals surface area contributed by atoms with E-state index < -0.39 is 0 Å². The molecule has 1 rings (SSSR count). The van der Waals surface area contributed by atoms with Crippen LogP contribution in [0.4, 0.5) is 0 Å². The number of hydrogen-bond donors (Lipinski definition) is 2. The second-order valence-electron chi connectivity index (χ2n) is 9.00. The van der Waals surface area contributed by atoms with Crippen molar-refractivity contribution in [2.75, 3.05) is 13.2 Å². The normalized spacial score (nSPS) is 15.1. The highest BCUT2D eigenvalue weighted by atomic mass is 16.5. The molecular weight excluding hydrogens is 350 g/mol. The van der Waals surface area contributed by atoms with Gasteiger partial charge in [0, 0.05) is 6.54 Å². The zero-order valence-corrected chi connectivity index (χ0v) is 19.2. The lowest BCUT2D eigenvalue weighted by molar-refractivity contribution is 0.0128. The van der Waals surface area contributed by atoms with E-state index in [0.29, 0.717) is 6.54 Å². The minimum absolute atomic E-state index is 0.0892. The van der Waals surface area contributed by atoms with E-state index in [2.05, 4.69) is 64.8 Å². The summed E-state index contributed by atoms with van der Waals surface area (Å²) < 4.78 is 5.82. The molecule has 1 aromatic rings. The van der Waals surface area contributed by atoms with Crippen LogP contribution in [0.2, 0.25) is 0 Å². The predicted octanol–water partition coefficient (Wildman–Crippen LogP) is 4.84. The Kier molecular flexibility index (Phi) is 10.3.